The summed E-state index contributed by atoms with van der Waals surface area (Å²) in [5.74, 6) is 0.137. The second-order valence-corrected chi connectivity index (χ2v) is 7.44. The van der Waals surface area contributed by atoms with E-state index in [9.17, 15) is 10.1 Å². The minimum absolute atomic E-state index is 0.144. The molecule has 0 bridgehead atoms. The number of aromatic nitrogens is 1. The van der Waals surface area contributed by atoms with Crippen molar-refractivity contribution in [3.63, 3.8) is 0 Å². The van der Waals surface area contributed by atoms with Gasteiger partial charge in [0.15, 0.2) is 0 Å². The van der Waals surface area contributed by atoms with E-state index in [1.807, 2.05) is 42.8 Å². The molecule has 0 aliphatic heterocycles. The van der Waals surface area contributed by atoms with Crippen molar-refractivity contribution in [1.82, 2.24) is 9.88 Å². The molecule has 0 saturated heterocycles. The number of fused-ring (bicyclic) bond motifs is 1. The van der Waals surface area contributed by atoms with Crippen LogP contribution in [0.5, 0.6) is 0 Å². The van der Waals surface area contributed by atoms with Crippen LogP contribution in [0.3, 0.4) is 0 Å². The lowest BCUT2D eigenvalue weighted by molar-refractivity contribution is 0.0955. The summed E-state index contributed by atoms with van der Waals surface area (Å²) < 4.78 is 1.91. The first-order valence-corrected chi connectivity index (χ1v) is 9.23. The molecule has 0 aliphatic rings. The van der Waals surface area contributed by atoms with Gasteiger partial charge < -0.3 is 9.88 Å². The molecule has 1 aromatic heterocycles. The predicted molar refractivity (Wildman–Crippen MR) is 110 cm³/mol. The molecule has 0 unspecified atom stereocenters. The van der Waals surface area contributed by atoms with Gasteiger partial charge in [0.25, 0.3) is 5.91 Å². The van der Waals surface area contributed by atoms with E-state index in [1.54, 1.807) is 7.05 Å². The molecular formula is C22H22ClN3O. The molecule has 1 N–H and O–H groups in total. The van der Waals surface area contributed by atoms with Crippen molar-refractivity contribution in [3.05, 3.63) is 57.7 Å². The molecule has 0 fully saturated rings. The maximum atomic E-state index is 12.4. The Balaban J connectivity index is 2.42. The Morgan fingerprint density at radius 1 is 1.26 bits per heavy atom. The van der Waals surface area contributed by atoms with E-state index in [-0.39, 0.29) is 11.8 Å². The van der Waals surface area contributed by atoms with E-state index >= 15 is 0 Å². The standard InChI is InChI=1S/C22H22ClN3O/c1-12(2)16-10-15(6-7-19(16)23)18-9-14(11-24)8-17-13(3)20(22(27)25-4)26(5)21(17)18/h6-10,12H,1-5H3,(H,25,27). The molecule has 5 heteroatoms. The highest BCUT2D eigenvalue weighted by molar-refractivity contribution is 6.31. The summed E-state index contributed by atoms with van der Waals surface area (Å²) in [7, 11) is 3.50. The summed E-state index contributed by atoms with van der Waals surface area (Å²) in [5.41, 5.74) is 5.92. The first-order chi connectivity index (χ1) is 12.8. The number of halogens is 1. The normalized spacial score (nSPS) is 11.0. The summed E-state index contributed by atoms with van der Waals surface area (Å²) in [6, 6.07) is 11.9. The maximum absolute atomic E-state index is 12.4. The smallest absolute Gasteiger partial charge is 0.267 e. The van der Waals surface area contributed by atoms with Crippen LogP contribution in [-0.2, 0) is 7.05 Å². The van der Waals surface area contributed by atoms with Gasteiger partial charge in [-0.3, -0.25) is 4.79 Å². The fourth-order valence-corrected chi connectivity index (χ4v) is 3.99. The minimum atomic E-state index is -0.144. The zero-order chi connectivity index (χ0) is 19.9. The van der Waals surface area contributed by atoms with Crippen LogP contribution in [0.25, 0.3) is 22.0 Å². The molecule has 138 valence electrons. The molecule has 27 heavy (non-hydrogen) atoms. The number of carbonyl (C=O) groups excluding carboxylic acids is 1. The number of hydrogen-bond donors (Lipinski definition) is 1. The van der Waals surface area contributed by atoms with Gasteiger partial charge in [-0.25, -0.2) is 0 Å². The highest BCUT2D eigenvalue weighted by atomic mass is 35.5. The van der Waals surface area contributed by atoms with Crippen LogP contribution in [0.15, 0.2) is 30.3 Å². The van der Waals surface area contributed by atoms with Gasteiger partial charge >= 0.3 is 0 Å². The summed E-state index contributed by atoms with van der Waals surface area (Å²) in [5, 5.41) is 13.9. The molecule has 4 nitrogen and oxygen atoms in total. The maximum Gasteiger partial charge on any atom is 0.267 e. The van der Waals surface area contributed by atoms with Gasteiger partial charge in [0, 0.05) is 30.1 Å². The number of benzene rings is 2. The number of hydrogen-bond acceptors (Lipinski definition) is 2. The molecule has 1 heterocycles. The van der Waals surface area contributed by atoms with E-state index < -0.39 is 0 Å². The van der Waals surface area contributed by atoms with Gasteiger partial charge in [0.2, 0.25) is 0 Å². The second kappa shape index (κ2) is 7.09. The fourth-order valence-electron chi connectivity index (χ4n) is 3.65. The van der Waals surface area contributed by atoms with E-state index in [1.165, 1.54) is 0 Å². The third kappa shape index (κ3) is 3.09. The van der Waals surface area contributed by atoms with E-state index in [2.05, 4.69) is 31.3 Å². The molecule has 2 aromatic carbocycles. The molecule has 1 amide bonds. The first kappa shape index (κ1) is 19.0. The van der Waals surface area contributed by atoms with Crippen molar-refractivity contribution in [2.75, 3.05) is 7.05 Å². The average Bonchev–Trinajstić information content (AvgIpc) is 2.91. The number of aryl methyl sites for hydroxylation is 2. The number of amides is 1. The molecule has 0 atom stereocenters. The van der Waals surface area contributed by atoms with Crippen LogP contribution in [0.1, 0.15) is 46.9 Å². The lowest BCUT2D eigenvalue weighted by Crippen LogP contribution is -2.21. The monoisotopic (exact) mass is 379 g/mol. The average molecular weight is 380 g/mol. The highest BCUT2D eigenvalue weighted by Crippen LogP contribution is 2.37. The van der Waals surface area contributed by atoms with Crippen molar-refractivity contribution in [3.8, 4) is 17.2 Å². The van der Waals surface area contributed by atoms with Gasteiger partial charge in [0.05, 0.1) is 17.1 Å². The Labute approximate surface area is 164 Å². The number of nitriles is 1. The van der Waals surface area contributed by atoms with Crippen LogP contribution >= 0.6 is 11.6 Å². The summed E-state index contributed by atoms with van der Waals surface area (Å²) >= 11 is 6.37. The van der Waals surface area contributed by atoms with Gasteiger partial charge in [-0.1, -0.05) is 31.5 Å². The van der Waals surface area contributed by atoms with Crippen LogP contribution in [0.2, 0.25) is 5.02 Å². The Morgan fingerprint density at radius 3 is 2.56 bits per heavy atom. The third-order valence-corrected chi connectivity index (χ3v) is 5.38. The highest BCUT2D eigenvalue weighted by Gasteiger charge is 2.21. The molecule has 0 saturated carbocycles. The van der Waals surface area contributed by atoms with Gasteiger partial charge in [-0.15, -0.1) is 0 Å². The Bertz CT molecular complexity index is 1100. The summed E-state index contributed by atoms with van der Waals surface area (Å²) in [4.78, 5) is 12.4. The molecule has 0 spiro atoms. The van der Waals surface area contributed by atoms with Crippen LogP contribution < -0.4 is 5.32 Å². The van der Waals surface area contributed by atoms with Crippen molar-refractivity contribution >= 4 is 28.4 Å². The number of nitrogens with zero attached hydrogens (tertiary/aromatic N) is 2. The number of rotatable bonds is 3. The van der Waals surface area contributed by atoms with Crippen molar-refractivity contribution < 1.29 is 4.79 Å². The van der Waals surface area contributed by atoms with E-state index in [4.69, 9.17) is 11.6 Å². The summed E-state index contributed by atoms with van der Waals surface area (Å²) in [6.07, 6.45) is 0. The van der Waals surface area contributed by atoms with Crippen LogP contribution in [-0.4, -0.2) is 17.5 Å². The molecule has 0 radical (unpaired) electrons. The van der Waals surface area contributed by atoms with E-state index in [0.717, 1.165) is 38.2 Å². The topological polar surface area (TPSA) is 57.8 Å². The largest absolute Gasteiger partial charge is 0.354 e. The third-order valence-electron chi connectivity index (χ3n) is 5.04. The summed E-state index contributed by atoms with van der Waals surface area (Å²) in [6.45, 7) is 6.12. The van der Waals surface area contributed by atoms with Crippen LogP contribution in [0.4, 0.5) is 0 Å². The van der Waals surface area contributed by atoms with Crippen molar-refractivity contribution in [1.29, 1.82) is 5.26 Å². The Morgan fingerprint density at radius 2 is 1.96 bits per heavy atom. The van der Waals surface area contributed by atoms with Gasteiger partial charge in [-0.2, -0.15) is 5.26 Å². The van der Waals surface area contributed by atoms with Crippen LogP contribution in [0, 0.1) is 18.3 Å². The lowest BCUT2D eigenvalue weighted by atomic mass is 9.94. The Hall–Kier alpha value is -2.77. The minimum Gasteiger partial charge on any atom is -0.354 e. The van der Waals surface area contributed by atoms with Gasteiger partial charge in [-0.05, 0) is 53.8 Å². The predicted octanol–water partition coefficient (Wildman–Crippen LogP) is 5.16. The first-order valence-electron chi connectivity index (χ1n) is 8.85. The molecular weight excluding hydrogens is 358 g/mol. The fraction of sp³-hybridized carbons (Fsp3) is 0.273. The number of nitrogens with one attached hydrogen (secondary N) is 1. The van der Waals surface area contributed by atoms with Crippen molar-refractivity contribution in [2.45, 2.75) is 26.7 Å². The SMILES string of the molecule is CNC(=O)c1c(C)c2cc(C#N)cc(-c3ccc(Cl)c(C(C)C)c3)c2n1C. The zero-order valence-corrected chi connectivity index (χ0v) is 16.9. The number of carbonyl (C=O) groups is 1. The Kier molecular flexibility index (Phi) is 4.99. The molecule has 0 aliphatic carbocycles. The second-order valence-electron chi connectivity index (χ2n) is 7.03. The van der Waals surface area contributed by atoms with Gasteiger partial charge in [0.1, 0.15) is 5.69 Å². The quantitative estimate of drug-likeness (QED) is 0.683. The van der Waals surface area contributed by atoms with E-state index in [0.29, 0.717) is 11.3 Å². The van der Waals surface area contributed by atoms with Crippen molar-refractivity contribution in [2.24, 2.45) is 7.05 Å². The lowest BCUT2D eigenvalue weighted by Gasteiger charge is -2.13. The molecule has 3 rings (SSSR count). The molecule has 3 aromatic rings. The zero-order valence-electron chi connectivity index (χ0n) is 16.1.